The van der Waals surface area contributed by atoms with Crippen molar-refractivity contribution in [2.24, 2.45) is 11.8 Å². The van der Waals surface area contributed by atoms with Gasteiger partial charge in [0.25, 0.3) is 0 Å². The largest absolute Gasteiger partial charge is 0.481 e. The van der Waals surface area contributed by atoms with E-state index in [0.717, 1.165) is 6.42 Å². The van der Waals surface area contributed by atoms with Gasteiger partial charge in [-0.05, 0) is 48.1 Å². The molecule has 1 amide bonds. The van der Waals surface area contributed by atoms with Crippen LogP contribution >= 0.6 is 11.3 Å². The molecule has 0 aromatic carbocycles. The Kier molecular flexibility index (Phi) is 4.36. The number of hydrogen-bond donors (Lipinski definition) is 2. The molecule has 5 heteroatoms. The Hall–Kier alpha value is -1.36. The predicted octanol–water partition coefficient (Wildman–Crippen LogP) is 1.91. The van der Waals surface area contributed by atoms with Gasteiger partial charge in [0, 0.05) is 12.5 Å². The molecule has 0 spiro atoms. The van der Waals surface area contributed by atoms with Gasteiger partial charge in [-0.15, -0.1) is 0 Å². The molecule has 0 aliphatic heterocycles. The summed E-state index contributed by atoms with van der Waals surface area (Å²) in [5.41, 5.74) is 1.23. The first-order valence-electron chi connectivity index (χ1n) is 6.18. The van der Waals surface area contributed by atoms with Gasteiger partial charge in [-0.25, -0.2) is 0 Å². The average Bonchev–Trinajstić information content (AvgIpc) is 2.99. The second kappa shape index (κ2) is 6.00. The molecule has 1 saturated carbocycles. The molecule has 18 heavy (non-hydrogen) atoms. The lowest BCUT2D eigenvalue weighted by molar-refractivity contribution is -0.141. The maximum absolute atomic E-state index is 11.8. The Balaban J connectivity index is 1.71. The summed E-state index contributed by atoms with van der Waals surface area (Å²) in [6, 6.07) is 2.05. The molecule has 0 bridgehead atoms. The quantitative estimate of drug-likeness (QED) is 0.856. The Bertz CT molecular complexity index is 416. The van der Waals surface area contributed by atoms with Crippen LogP contribution in [-0.4, -0.2) is 23.5 Å². The van der Waals surface area contributed by atoms with Gasteiger partial charge in [0.05, 0.1) is 5.92 Å². The maximum atomic E-state index is 11.8. The molecule has 0 unspecified atom stereocenters. The SMILES string of the molecule is O=C(O)[C@H]1CC[C@@H](C(=O)NCCc2ccsc2)C1. The van der Waals surface area contributed by atoms with Crippen molar-refractivity contribution in [3.05, 3.63) is 22.4 Å². The molecule has 0 radical (unpaired) electrons. The normalized spacial score (nSPS) is 22.9. The smallest absolute Gasteiger partial charge is 0.306 e. The summed E-state index contributed by atoms with van der Waals surface area (Å²) in [6.07, 6.45) is 2.64. The van der Waals surface area contributed by atoms with Crippen molar-refractivity contribution in [2.45, 2.75) is 25.7 Å². The summed E-state index contributed by atoms with van der Waals surface area (Å²) >= 11 is 1.65. The lowest BCUT2D eigenvalue weighted by Gasteiger charge is -2.10. The van der Waals surface area contributed by atoms with Crippen LogP contribution in [0.1, 0.15) is 24.8 Å². The highest BCUT2D eigenvalue weighted by Gasteiger charge is 2.33. The summed E-state index contributed by atoms with van der Waals surface area (Å²) < 4.78 is 0. The summed E-state index contributed by atoms with van der Waals surface area (Å²) in [6.45, 7) is 0.629. The zero-order valence-electron chi connectivity index (χ0n) is 10.1. The van der Waals surface area contributed by atoms with Crippen molar-refractivity contribution >= 4 is 23.2 Å². The summed E-state index contributed by atoms with van der Waals surface area (Å²) in [5, 5.41) is 15.9. The number of thiophene rings is 1. The first-order chi connectivity index (χ1) is 8.66. The van der Waals surface area contributed by atoms with Gasteiger partial charge in [-0.3, -0.25) is 9.59 Å². The van der Waals surface area contributed by atoms with Crippen molar-refractivity contribution < 1.29 is 14.7 Å². The number of rotatable bonds is 5. The fourth-order valence-electron chi connectivity index (χ4n) is 2.35. The van der Waals surface area contributed by atoms with E-state index < -0.39 is 5.97 Å². The molecule has 1 aliphatic rings. The molecule has 2 rings (SSSR count). The van der Waals surface area contributed by atoms with Gasteiger partial charge in [-0.2, -0.15) is 11.3 Å². The van der Waals surface area contributed by atoms with Crippen molar-refractivity contribution in [1.29, 1.82) is 0 Å². The fraction of sp³-hybridized carbons (Fsp3) is 0.538. The van der Waals surface area contributed by atoms with E-state index in [4.69, 9.17) is 5.11 Å². The fourth-order valence-corrected chi connectivity index (χ4v) is 3.06. The van der Waals surface area contributed by atoms with Gasteiger partial charge in [0.1, 0.15) is 0 Å². The van der Waals surface area contributed by atoms with Crippen LogP contribution in [0, 0.1) is 11.8 Å². The molecule has 98 valence electrons. The van der Waals surface area contributed by atoms with Crippen LogP contribution < -0.4 is 5.32 Å². The standard InChI is InChI=1S/C13H17NO3S/c15-12(10-1-2-11(7-10)13(16)17)14-5-3-9-4-6-18-8-9/h4,6,8,10-11H,1-3,5,7H2,(H,14,15)(H,16,17)/t10-,11+/m1/s1. The summed E-state index contributed by atoms with van der Waals surface area (Å²) in [5.74, 6) is -1.22. The Labute approximate surface area is 110 Å². The van der Waals surface area contributed by atoms with E-state index in [2.05, 4.69) is 10.7 Å². The van der Waals surface area contributed by atoms with Gasteiger partial charge >= 0.3 is 5.97 Å². The van der Waals surface area contributed by atoms with E-state index in [1.807, 2.05) is 11.4 Å². The summed E-state index contributed by atoms with van der Waals surface area (Å²) in [7, 11) is 0. The molecular formula is C13H17NO3S. The van der Waals surface area contributed by atoms with Gasteiger partial charge in [0.15, 0.2) is 0 Å². The minimum absolute atomic E-state index is 0.00831. The molecule has 1 heterocycles. The first-order valence-corrected chi connectivity index (χ1v) is 7.12. The highest BCUT2D eigenvalue weighted by atomic mass is 32.1. The van der Waals surface area contributed by atoms with E-state index in [1.54, 1.807) is 11.3 Å². The van der Waals surface area contributed by atoms with Gasteiger partial charge in [-0.1, -0.05) is 0 Å². The molecule has 1 fully saturated rings. The number of hydrogen-bond acceptors (Lipinski definition) is 3. The molecule has 1 aliphatic carbocycles. The third-order valence-electron chi connectivity index (χ3n) is 3.45. The van der Waals surface area contributed by atoms with E-state index in [-0.39, 0.29) is 17.7 Å². The van der Waals surface area contributed by atoms with E-state index in [9.17, 15) is 9.59 Å². The second-order valence-corrected chi connectivity index (χ2v) is 5.50. The Morgan fingerprint density at radius 3 is 2.78 bits per heavy atom. The number of carbonyl (C=O) groups is 2. The molecule has 1 aromatic rings. The van der Waals surface area contributed by atoms with Crippen molar-refractivity contribution in [3.63, 3.8) is 0 Å². The van der Waals surface area contributed by atoms with Crippen molar-refractivity contribution in [1.82, 2.24) is 5.32 Å². The van der Waals surface area contributed by atoms with E-state index in [1.165, 1.54) is 5.56 Å². The zero-order valence-corrected chi connectivity index (χ0v) is 10.9. The van der Waals surface area contributed by atoms with Gasteiger partial charge < -0.3 is 10.4 Å². The number of amides is 1. The topological polar surface area (TPSA) is 66.4 Å². The van der Waals surface area contributed by atoms with Crippen molar-refractivity contribution in [2.75, 3.05) is 6.54 Å². The van der Waals surface area contributed by atoms with Crippen LogP contribution in [0.15, 0.2) is 16.8 Å². The monoisotopic (exact) mass is 267 g/mol. The highest BCUT2D eigenvalue weighted by molar-refractivity contribution is 7.07. The van der Waals surface area contributed by atoms with Crippen LogP contribution in [0.3, 0.4) is 0 Å². The Morgan fingerprint density at radius 1 is 1.39 bits per heavy atom. The zero-order chi connectivity index (χ0) is 13.0. The molecule has 2 atom stereocenters. The van der Waals surface area contributed by atoms with Crippen LogP contribution in [0.4, 0.5) is 0 Å². The summed E-state index contributed by atoms with van der Waals surface area (Å²) in [4.78, 5) is 22.6. The van der Waals surface area contributed by atoms with Crippen LogP contribution in [0.25, 0.3) is 0 Å². The number of nitrogens with one attached hydrogen (secondary N) is 1. The highest BCUT2D eigenvalue weighted by Crippen LogP contribution is 2.31. The number of carboxylic acids is 1. The third-order valence-corrected chi connectivity index (χ3v) is 4.18. The molecule has 1 aromatic heterocycles. The van der Waals surface area contributed by atoms with E-state index in [0.29, 0.717) is 25.8 Å². The minimum atomic E-state index is -0.774. The first kappa shape index (κ1) is 13.1. The maximum Gasteiger partial charge on any atom is 0.306 e. The molecule has 2 N–H and O–H groups in total. The Morgan fingerprint density at radius 2 is 2.17 bits per heavy atom. The second-order valence-electron chi connectivity index (χ2n) is 4.72. The number of carboxylic acid groups (broad SMARTS) is 1. The van der Waals surface area contributed by atoms with Crippen LogP contribution in [0.2, 0.25) is 0 Å². The van der Waals surface area contributed by atoms with E-state index >= 15 is 0 Å². The minimum Gasteiger partial charge on any atom is -0.481 e. The lowest BCUT2D eigenvalue weighted by Crippen LogP contribution is -2.31. The molecule has 0 saturated heterocycles. The average molecular weight is 267 g/mol. The van der Waals surface area contributed by atoms with Crippen LogP contribution in [0.5, 0.6) is 0 Å². The third kappa shape index (κ3) is 3.32. The lowest BCUT2D eigenvalue weighted by atomic mass is 10.0. The molecular weight excluding hydrogens is 250 g/mol. The number of aliphatic carboxylic acids is 1. The number of carbonyl (C=O) groups excluding carboxylic acids is 1. The van der Waals surface area contributed by atoms with Crippen LogP contribution in [-0.2, 0) is 16.0 Å². The molecule has 4 nitrogen and oxygen atoms in total. The van der Waals surface area contributed by atoms with Gasteiger partial charge in [0.2, 0.25) is 5.91 Å². The van der Waals surface area contributed by atoms with Crippen molar-refractivity contribution in [3.8, 4) is 0 Å². The predicted molar refractivity (Wildman–Crippen MR) is 69.5 cm³/mol.